The number of rotatable bonds is 16. The third kappa shape index (κ3) is 13.1. The summed E-state index contributed by atoms with van der Waals surface area (Å²) < 4.78 is 5.65. The fraction of sp³-hybridized carbons (Fsp3) is 0.762. The molecule has 23 heavy (non-hydrogen) atoms. The molecule has 0 unspecified atom stereocenters. The number of unbranched alkanes of at least 4 members (excludes halogenated alkanes) is 13. The summed E-state index contributed by atoms with van der Waals surface area (Å²) in [5.41, 5.74) is 0. The molecule has 0 fully saturated rings. The van der Waals surface area contributed by atoms with Crippen molar-refractivity contribution in [1.82, 2.24) is 4.98 Å². The van der Waals surface area contributed by atoms with Gasteiger partial charge in [-0.25, -0.2) is 0 Å². The number of pyridine rings is 1. The van der Waals surface area contributed by atoms with Gasteiger partial charge >= 0.3 is 0 Å². The molecule has 1 aromatic rings. The highest BCUT2D eigenvalue weighted by atomic mass is 16.5. The minimum Gasteiger partial charge on any atom is -0.492 e. The summed E-state index contributed by atoms with van der Waals surface area (Å²) in [6.07, 6.45) is 23.1. The summed E-state index contributed by atoms with van der Waals surface area (Å²) in [6.45, 7) is 3.11. The van der Waals surface area contributed by atoms with Crippen LogP contribution in [0.15, 0.2) is 24.5 Å². The average molecular weight is 320 g/mol. The smallest absolute Gasteiger partial charge is 0.137 e. The number of aromatic nitrogens is 1. The van der Waals surface area contributed by atoms with Gasteiger partial charge in [-0.2, -0.15) is 0 Å². The number of ether oxygens (including phenoxy) is 1. The molecule has 2 heteroatoms. The Morgan fingerprint density at radius 1 is 0.739 bits per heavy atom. The largest absolute Gasteiger partial charge is 0.492 e. The molecule has 0 spiro atoms. The van der Waals surface area contributed by atoms with Crippen LogP contribution in [0.3, 0.4) is 0 Å². The van der Waals surface area contributed by atoms with Gasteiger partial charge in [0.1, 0.15) is 5.75 Å². The third-order valence-electron chi connectivity index (χ3n) is 4.40. The van der Waals surface area contributed by atoms with E-state index in [0.717, 1.165) is 18.8 Å². The first-order chi connectivity index (χ1) is 11.4. The third-order valence-corrected chi connectivity index (χ3v) is 4.40. The number of hydrogen-bond donors (Lipinski definition) is 0. The van der Waals surface area contributed by atoms with Crippen molar-refractivity contribution in [2.45, 2.75) is 96.8 Å². The van der Waals surface area contributed by atoms with Crippen molar-refractivity contribution in [3.05, 3.63) is 24.5 Å². The maximum atomic E-state index is 5.65. The van der Waals surface area contributed by atoms with Gasteiger partial charge in [-0.1, -0.05) is 90.4 Å². The van der Waals surface area contributed by atoms with Gasteiger partial charge in [-0.3, -0.25) is 4.98 Å². The number of nitrogens with zero attached hydrogens (tertiary/aromatic N) is 1. The fourth-order valence-electron chi connectivity index (χ4n) is 2.92. The highest BCUT2D eigenvalue weighted by Crippen LogP contribution is 2.13. The van der Waals surface area contributed by atoms with Crippen LogP contribution in [0.25, 0.3) is 0 Å². The second kappa shape index (κ2) is 15.8. The lowest BCUT2D eigenvalue weighted by Crippen LogP contribution is -1.97. The van der Waals surface area contributed by atoms with Crippen LogP contribution in [0.5, 0.6) is 5.75 Å². The molecule has 0 saturated carbocycles. The Morgan fingerprint density at radius 2 is 1.26 bits per heavy atom. The zero-order valence-electron chi connectivity index (χ0n) is 15.3. The van der Waals surface area contributed by atoms with Crippen molar-refractivity contribution in [1.29, 1.82) is 0 Å². The summed E-state index contributed by atoms with van der Waals surface area (Å²) in [5.74, 6) is 0.891. The molecule has 0 amide bonds. The molecular weight excluding hydrogens is 282 g/mol. The summed E-state index contributed by atoms with van der Waals surface area (Å²) in [6, 6.07) is 3.89. The molecule has 132 valence electrons. The molecule has 0 aliphatic rings. The van der Waals surface area contributed by atoms with Crippen LogP contribution in [-0.4, -0.2) is 11.6 Å². The maximum Gasteiger partial charge on any atom is 0.137 e. The van der Waals surface area contributed by atoms with Crippen molar-refractivity contribution < 1.29 is 4.74 Å². The van der Waals surface area contributed by atoms with Crippen LogP contribution >= 0.6 is 0 Å². The van der Waals surface area contributed by atoms with Crippen LogP contribution in [-0.2, 0) is 0 Å². The zero-order chi connectivity index (χ0) is 16.4. The first-order valence-electron chi connectivity index (χ1n) is 9.96. The van der Waals surface area contributed by atoms with Crippen molar-refractivity contribution in [3.63, 3.8) is 0 Å². The van der Waals surface area contributed by atoms with E-state index < -0.39 is 0 Å². The topological polar surface area (TPSA) is 22.1 Å². The van der Waals surface area contributed by atoms with Crippen LogP contribution < -0.4 is 4.74 Å². The van der Waals surface area contributed by atoms with Crippen molar-refractivity contribution in [2.24, 2.45) is 0 Å². The van der Waals surface area contributed by atoms with Crippen LogP contribution in [0, 0.1) is 0 Å². The van der Waals surface area contributed by atoms with E-state index in [-0.39, 0.29) is 0 Å². The summed E-state index contributed by atoms with van der Waals surface area (Å²) in [4.78, 5) is 4.05. The van der Waals surface area contributed by atoms with Gasteiger partial charge in [-0.05, 0) is 18.6 Å². The second-order valence-corrected chi connectivity index (χ2v) is 6.63. The van der Waals surface area contributed by atoms with Gasteiger partial charge < -0.3 is 4.74 Å². The summed E-state index contributed by atoms with van der Waals surface area (Å²) in [7, 11) is 0. The lowest BCUT2D eigenvalue weighted by atomic mass is 10.0. The van der Waals surface area contributed by atoms with Crippen molar-refractivity contribution in [3.8, 4) is 5.75 Å². The molecule has 0 aromatic carbocycles. The first-order valence-corrected chi connectivity index (χ1v) is 9.96. The first kappa shape index (κ1) is 20.0. The predicted octanol–water partition coefficient (Wildman–Crippen LogP) is 6.94. The van der Waals surface area contributed by atoms with E-state index in [1.54, 1.807) is 12.4 Å². The van der Waals surface area contributed by atoms with Crippen LogP contribution in [0.1, 0.15) is 96.8 Å². The van der Waals surface area contributed by atoms with Gasteiger partial charge in [0.2, 0.25) is 0 Å². The average Bonchev–Trinajstić information content (AvgIpc) is 2.59. The van der Waals surface area contributed by atoms with E-state index in [2.05, 4.69) is 11.9 Å². The lowest BCUT2D eigenvalue weighted by molar-refractivity contribution is 0.303. The quantitative estimate of drug-likeness (QED) is 0.308. The molecule has 0 N–H and O–H groups in total. The van der Waals surface area contributed by atoms with E-state index in [9.17, 15) is 0 Å². The second-order valence-electron chi connectivity index (χ2n) is 6.63. The molecule has 0 aliphatic carbocycles. The van der Waals surface area contributed by atoms with Crippen molar-refractivity contribution >= 4 is 0 Å². The molecule has 1 heterocycles. The molecule has 1 rings (SSSR count). The highest BCUT2D eigenvalue weighted by Gasteiger charge is 1.95. The van der Waals surface area contributed by atoms with Crippen molar-refractivity contribution in [2.75, 3.05) is 6.61 Å². The molecule has 0 saturated heterocycles. The standard InChI is InChI=1S/C21H37NO/c1-2-3-4-5-6-7-8-9-10-11-12-13-14-15-19-23-21-17-16-18-22-20-21/h16-18,20H,2-15,19H2,1H3. The van der Waals surface area contributed by atoms with E-state index in [1.165, 1.54) is 83.5 Å². The Balaban J connectivity index is 1.72. The zero-order valence-corrected chi connectivity index (χ0v) is 15.3. The molecular formula is C21H37NO. The Kier molecular flexibility index (Phi) is 13.8. The van der Waals surface area contributed by atoms with Gasteiger partial charge in [0.15, 0.2) is 0 Å². The Hall–Kier alpha value is -1.05. The van der Waals surface area contributed by atoms with Gasteiger partial charge in [-0.15, -0.1) is 0 Å². The monoisotopic (exact) mass is 319 g/mol. The molecule has 1 aromatic heterocycles. The number of hydrogen-bond acceptors (Lipinski definition) is 2. The van der Waals surface area contributed by atoms with Gasteiger partial charge in [0.05, 0.1) is 12.8 Å². The molecule has 0 aliphatic heterocycles. The van der Waals surface area contributed by atoms with E-state index in [4.69, 9.17) is 4.74 Å². The van der Waals surface area contributed by atoms with Gasteiger partial charge in [0.25, 0.3) is 0 Å². The van der Waals surface area contributed by atoms with Crippen LogP contribution in [0.2, 0.25) is 0 Å². The Labute approximate surface area is 144 Å². The maximum absolute atomic E-state index is 5.65. The molecule has 0 radical (unpaired) electrons. The highest BCUT2D eigenvalue weighted by molar-refractivity contribution is 5.15. The fourth-order valence-corrected chi connectivity index (χ4v) is 2.92. The normalized spacial score (nSPS) is 10.8. The SMILES string of the molecule is CCCCCCCCCCCCCCCCOc1cccnc1. The predicted molar refractivity (Wildman–Crippen MR) is 100 cm³/mol. The molecule has 0 bridgehead atoms. The van der Waals surface area contributed by atoms with E-state index in [1.807, 2.05) is 12.1 Å². The summed E-state index contributed by atoms with van der Waals surface area (Å²) in [5, 5.41) is 0. The summed E-state index contributed by atoms with van der Waals surface area (Å²) >= 11 is 0. The van der Waals surface area contributed by atoms with Gasteiger partial charge in [0, 0.05) is 6.20 Å². The molecule has 2 nitrogen and oxygen atoms in total. The minimum absolute atomic E-state index is 0.823. The Morgan fingerprint density at radius 3 is 1.74 bits per heavy atom. The minimum atomic E-state index is 0.823. The van der Waals surface area contributed by atoms with Crippen LogP contribution in [0.4, 0.5) is 0 Å². The molecule has 0 atom stereocenters. The van der Waals surface area contributed by atoms with E-state index >= 15 is 0 Å². The Bertz CT molecular complexity index is 339. The lowest BCUT2D eigenvalue weighted by Gasteiger charge is -2.05. The van der Waals surface area contributed by atoms with E-state index in [0.29, 0.717) is 0 Å².